The fourth-order valence-corrected chi connectivity index (χ4v) is 2.31. The van der Waals surface area contributed by atoms with E-state index in [2.05, 4.69) is 5.32 Å². The SMILES string of the molecule is CC(C)C(NCc1cccc(F)c1F)c1ccc(F)cc1. The van der Waals surface area contributed by atoms with Gasteiger partial charge >= 0.3 is 0 Å². The summed E-state index contributed by atoms with van der Waals surface area (Å²) < 4.78 is 39.8. The molecular formula is C17H18F3N. The van der Waals surface area contributed by atoms with Crippen molar-refractivity contribution in [3.63, 3.8) is 0 Å². The molecule has 0 amide bonds. The largest absolute Gasteiger partial charge is 0.306 e. The summed E-state index contributed by atoms with van der Waals surface area (Å²) in [4.78, 5) is 0. The fraction of sp³-hybridized carbons (Fsp3) is 0.294. The first-order chi connectivity index (χ1) is 9.99. The van der Waals surface area contributed by atoms with E-state index >= 15 is 0 Å². The summed E-state index contributed by atoms with van der Waals surface area (Å²) in [5.41, 5.74) is 1.20. The Morgan fingerprint density at radius 3 is 2.24 bits per heavy atom. The molecule has 0 aliphatic heterocycles. The molecule has 0 bridgehead atoms. The normalized spacial score (nSPS) is 12.7. The highest BCUT2D eigenvalue weighted by atomic mass is 19.2. The highest BCUT2D eigenvalue weighted by Crippen LogP contribution is 2.23. The molecule has 0 saturated carbocycles. The smallest absolute Gasteiger partial charge is 0.163 e. The number of nitrogens with one attached hydrogen (secondary N) is 1. The Balaban J connectivity index is 2.14. The molecule has 2 rings (SSSR count). The summed E-state index contributed by atoms with van der Waals surface area (Å²) in [6, 6.07) is 10.3. The van der Waals surface area contributed by atoms with E-state index in [0.717, 1.165) is 11.6 Å². The lowest BCUT2D eigenvalue weighted by atomic mass is 9.95. The van der Waals surface area contributed by atoms with E-state index in [1.165, 1.54) is 18.2 Å². The molecule has 0 radical (unpaired) electrons. The highest BCUT2D eigenvalue weighted by molar-refractivity contribution is 5.22. The zero-order valence-corrected chi connectivity index (χ0v) is 12.0. The molecule has 1 atom stereocenters. The molecular weight excluding hydrogens is 275 g/mol. The Morgan fingerprint density at radius 1 is 0.952 bits per heavy atom. The predicted octanol–water partition coefficient (Wildman–Crippen LogP) is 4.59. The van der Waals surface area contributed by atoms with Gasteiger partial charge in [-0.05, 0) is 29.7 Å². The molecule has 0 aromatic heterocycles. The quantitative estimate of drug-likeness (QED) is 0.850. The van der Waals surface area contributed by atoms with E-state index in [0.29, 0.717) is 0 Å². The molecule has 1 nitrogen and oxygen atoms in total. The van der Waals surface area contributed by atoms with Gasteiger partial charge in [0.25, 0.3) is 0 Å². The van der Waals surface area contributed by atoms with Crippen LogP contribution in [0.5, 0.6) is 0 Å². The van der Waals surface area contributed by atoms with Gasteiger partial charge in [-0.15, -0.1) is 0 Å². The fourth-order valence-electron chi connectivity index (χ4n) is 2.31. The second-order valence-electron chi connectivity index (χ2n) is 5.37. The molecule has 1 unspecified atom stereocenters. The van der Waals surface area contributed by atoms with Gasteiger partial charge in [0.1, 0.15) is 5.82 Å². The van der Waals surface area contributed by atoms with Crippen LogP contribution >= 0.6 is 0 Å². The van der Waals surface area contributed by atoms with Crippen molar-refractivity contribution < 1.29 is 13.2 Å². The Labute approximate surface area is 122 Å². The van der Waals surface area contributed by atoms with Crippen molar-refractivity contribution in [3.8, 4) is 0 Å². The molecule has 0 heterocycles. The summed E-state index contributed by atoms with van der Waals surface area (Å²) in [6.45, 7) is 4.25. The van der Waals surface area contributed by atoms with Gasteiger partial charge in [0.15, 0.2) is 11.6 Å². The van der Waals surface area contributed by atoms with Gasteiger partial charge in [-0.1, -0.05) is 38.1 Å². The first-order valence-corrected chi connectivity index (χ1v) is 6.90. The van der Waals surface area contributed by atoms with Crippen LogP contribution in [-0.4, -0.2) is 0 Å². The average Bonchev–Trinajstić information content (AvgIpc) is 2.45. The molecule has 0 spiro atoms. The number of benzene rings is 2. The second kappa shape index (κ2) is 6.76. The van der Waals surface area contributed by atoms with Crippen molar-refractivity contribution in [1.29, 1.82) is 0 Å². The lowest BCUT2D eigenvalue weighted by Gasteiger charge is -2.23. The molecule has 0 fully saturated rings. The molecule has 2 aromatic rings. The Hall–Kier alpha value is -1.81. The number of halogens is 3. The van der Waals surface area contributed by atoms with Crippen LogP contribution in [0, 0.1) is 23.4 Å². The van der Waals surface area contributed by atoms with Crippen molar-refractivity contribution in [3.05, 3.63) is 71.0 Å². The average molecular weight is 293 g/mol. The maximum atomic E-state index is 13.6. The summed E-state index contributed by atoms with van der Waals surface area (Å²) in [7, 11) is 0. The molecule has 1 N–H and O–H groups in total. The number of hydrogen-bond donors (Lipinski definition) is 1. The third kappa shape index (κ3) is 3.85. The topological polar surface area (TPSA) is 12.0 Å². The van der Waals surface area contributed by atoms with E-state index < -0.39 is 11.6 Å². The van der Waals surface area contributed by atoms with Crippen molar-refractivity contribution in [1.82, 2.24) is 5.32 Å². The van der Waals surface area contributed by atoms with Gasteiger partial charge in [0.05, 0.1) is 0 Å². The summed E-state index contributed by atoms with van der Waals surface area (Å²) in [6.07, 6.45) is 0. The van der Waals surface area contributed by atoms with Gasteiger partial charge in [0.2, 0.25) is 0 Å². The molecule has 21 heavy (non-hydrogen) atoms. The lowest BCUT2D eigenvalue weighted by Crippen LogP contribution is -2.26. The van der Waals surface area contributed by atoms with Gasteiger partial charge in [-0.25, -0.2) is 13.2 Å². The standard InChI is InChI=1S/C17H18F3N/c1-11(2)17(12-6-8-14(18)9-7-12)21-10-13-4-3-5-15(19)16(13)20/h3-9,11,17,21H,10H2,1-2H3. The molecule has 2 aromatic carbocycles. The molecule has 0 aliphatic rings. The zero-order chi connectivity index (χ0) is 15.4. The first kappa shape index (κ1) is 15.6. The molecule has 0 aliphatic carbocycles. The monoisotopic (exact) mass is 293 g/mol. The van der Waals surface area contributed by atoms with Crippen LogP contribution in [0.2, 0.25) is 0 Å². The first-order valence-electron chi connectivity index (χ1n) is 6.90. The van der Waals surface area contributed by atoms with Gasteiger partial charge in [-0.3, -0.25) is 0 Å². The van der Waals surface area contributed by atoms with Crippen LogP contribution in [0.3, 0.4) is 0 Å². The summed E-state index contributed by atoms with van der Waals surface area (Å²) in [5.74, 6) is -1.74. The van der Waals surface area contributed by atoms with Gasteiger partial charge in [-0.2, -0.15) is 0 Å². The third-order valence-corrected chi connectivity index (χ3v) is 3.44. The Bertz CT molecular complexity index is 593. The van der Waals surface area contributed by atoms with Crippen LogP contribution < -0.4 is 5.32 Å². The number of hydrogen-bond acceptors (Lipinski definition) is 1. The Kier molecular flexibility index (Phi) is 5.02. The van der Waals surface area contributed by atoms with Crippen LogP contribution in [0.25, 0.3) is 0 Å². The molecule has 0 saturated heterocycles. The van der Waals surface area contributed by atoms with E-state index in [1.807, 2.05) is 13.8 Å². The van der Waals surface area contributed by atoms with E-state index in [4.69, 9.17) is 0 Å². The highest BCUT2D eigenvalue weighted by Gasteiger charge is 2.16. The second-order valence-corrected chi connectivity index (χ2v) is 5.37. The van der Waals surface area contributed by atoms with Crippen molar-refractivity contribution in [2.24, 2.45) is 5.92 Å². The van der Waals surface area contributed by atoms with Crippen molar-refractivity contribution >= 4 is 0 Å². The van der Waals surface area contributed by atoms with Crippen LogP contribution in [0.1, 0.15) is 31.0 Å². The minimum atomic E-state index is -0.850. The van der Waals surface area contributed by atoms with Gasteiger partial charge < -0.3 is 5.32 Å². The molecule has 4 heteroatoms. The minimum absolute atomic E-state index is 0.0618. The third-order valence-electron chi connectivity index (χ3n) is 3.44. The van der Waals surface area contributed by atoms with Crippen LogP contribution in [-0.2, 0) is 6.54 Å². The van der Waals surface area contributed by atoms with Crippen molar-refractivity contribution in [2.45, 2.75) is 26.4 Å². The lowest BCUT2D eigenvalue weighted by molar-refractivity contribution is 0.402. The predicted molar refractivity (Wildman–Crippen MR) is 77.2 cm³/mol. The molecule has 112 valence electrons. The zero-order valence-electron chi connectivity index (χ0n) is 12.0. The van der Waals surface area contributed by atoms with E-state index in [9.17, 15) is 13.2 Å². The summed E-state index contributed by atoms with van der Waals surface area (Å²) in [5, 5.41) is 3.21. The van der Waals surface area contributed by atoms with E-state index in [1.54, 1.807) is 18.2 Å². The minimum Gasteiger partial charge on any atom is -0.306 e. The van der Waals surface area contributed by atoms with Crippen molar-refractivity contribution in [2.75, 3.05) is 0 Å². The Morgan fingerprint density at radius 2 is 1.62 bits per heavy atom. The maximum Gasteiger partial charge on any atom is 0.163 e. The van der Waals surface area contributed by atoms with Crippen LogP contribution in [0.4, 0.5) is 13.2 Å². The van der Waals surface area contributed by atoms with E-state index in [-0.39, 0.29) is 29.9 Å². The van der Waals surface area contributed by atoms with Crippen LogP contribution in [0.15, 0.2) is 42.5 Å². The summed E-state index contributed by atoms with van der Waals surface area (Å²) >= 11 is 0. The number of rotatable bonds is 5. The van der Waals surface area contributed by atoms with Gasteiger partial charge in [0, 0.05) is 18.2 Å². The maximum absolute atomic E-state index is 13.6.